The quantitative estimate of drug-likeness (QED) is 0.751. The van der Waals surface area contributed by atoms with Gasteiger partial charge in [-0.15, -0.1) is 11.3 Å². The maximum Gasteiger partial charge on any atom is 0.224 e. The van der Waals surface area contributed by atoms with E-state index in [9.17, 15) is 4.79 Å². The fraction of sp³-hybridized carbons (Fsp3) is 0.250. The maximum atomic E-state index is 12.0. The summed E-state index contributed by atoms with van der Waals surface area (Å²) in [7, 11) is 0. The molecule has 0 atom stereocenters. The number of H-pyrrole nitrogens is 1. The van der Waals surface area contributed by atoms with Crippen LogP contribution in [-0.2, 0) is 11.2 Å². The molecular formula is C16H17N3OS. The van der Waals surface area contributed by atoms with Gasteiger partial charge in [-0.25, -0.2) is 0 Å². The molecule has 0 bridgehead atoms. The van der Waals surface area contributed by atoms with Gasteiger partial charge in [0, 0.05) is 21.6 Å². The molecule has 1 amide bonds. The molecule has 0 saturated carbocycles. The van der Waals surface area contributed by atoms with Crippen molar-refractivity contribution in [2.45, 2.75) is 26.2 Å². The predicted molar refractivity (Wildman–Crippen MR) is 86.7 cm³/mol. The van der Waals surface area contributed by atoms with Crippen LogP contribution in [0.2, 0.25) is 0 Å². The fourth-order valence-electron chi connectivity index (χ4n) is 2.33. The molecule has 0 radical (unpaired) electrons. The Morgan fingerprint density at radius 3 is 3.05 bits per heavy atom. The highest BCUT2D eigenvalue weighted by Gasteiger charge is 2.07. The van der Waals surface area contributed by atoms with Crippen LogP contribution in [0.4, 0.5) is 5.69 Å². The van der Waals surface area contributed by atoms with Gasteiger partial charge < -0.3 is 5.32 Å². The number of carbonyl (C=O) groups excluding carboxylic acids is 1. The Morgan fingerprint density at radius 1 is 1.33 bits per heavy atom. The Hall–Kier alpha value is -2.14. The Bertz CT molecular complexity index is 760. The van der Waals surface area contributed by atoms with Gasteiger partial charge in [0.15, 0.2) is 0 Å². The summed E-state index contributed by atoms with van der Waals surface area (Å²) in [5, 5.41) is 10.9. The molecule has 2 aromatic heterocycles. The van der Waals surface area contributed by atoms with Crippen LogP contribution in [0.3, 0.4) is 0 Å². The summed E-state index contributed by atoms with van der Waals surface area (Å²) in [5.74, 6) is 0.0466. The van der Waals surface area contributed by atoms with Gasteiger partial charge in [-0.05, 0) is 38.0 Å². The van der Waals surface area contributed by atoms with E-state index in [1.165, 1.54) is 9.75 Å². The van der Waals surface area contributed by atoms with Crippen molar-refractivity contribution in [2.75, 3.05) is 5.32 Å². The molecule has 21 heavy (non-hydrogen) atoms. The van der Waals surface area contributed by atoms with E-state index in [0.29, 0.717) is 6.42 Å². The zero-order valence-corrected chi connectivity index (χ0v) is 12.7. The van der Waals surface area contributed by atoms with E-state index >= 15 is 0 Å². The average Bonchev–Trinajstić information content (AvgIpc) is 3.08. The minimum atomic E-state index is 0.0466. The topological polar surface area (TPSA) is 57.8 Å². The van der Waals surface area contributed by atoms with Crippen LogP contribution >= 0.6 is 11.3 Å². The van der Waals surface area contributed by atoms with Crippen LogP contribution in [-0.4, -0.2) is 16.1 Å². The summed E-state index contributed by atoms with van der Waals surface area (Å²) in [6.45, 7) is 2.10. The first kappa shape index (κ1) is 13.8. The lowest BCUT2D eigenvalue weighted by Crippen LogP contribution is -2.11. The van der Waals surface area contributed by atoms with Crippen molar-refractivity contribution in [3.63, 3.8) is 0 Å². The summed E-state index contributed by atoms with van der Waals surface area (Å²) in [6.07, 6.45) is 4.11. The number of hydrogen-bond acceptors (Lipinski definition) is 3. The molecule has 0 saturated heterocycles. The Labute approximate surface area is 127 Å². The lowest BCUT2D eigenvalue weighted by molar-refractivity contribution is -0.116. The third-order valence-electron chi connectivity index (χ3n) is 3.37. The zero-order chi connectivity index (χ0) is 14.7. The van der Waals surface area contributed by atoms with Crippen LogP contribution in [0.15, 0.2) is 36.5 Å². The summed E-state index contributed by atoms with van der Waals surface area (Å²) in [5.41, 5.74) is 1.67. The number of amides is 1. The average molecular weight is 299 g/mol. The van der Waals surface area contributed by atoms with Crippen molar-refractivity contribution in [2.24, 2.45) is 0 Å². The van der Waals surface area contributed by atoms with E-state index in [0.717, 1.165) is 29.4 Å². The second-order valence-corrected chi connectivity index (χ2v) is 6.43. The van der Waals surface area contributed by atoms with Crippen molar-refractivity contribution in [1.82, 2.24) is 10.2 Å². The minimum absolute atomic E-state index is 0.0466. The number of hydrogen-bond donors (Lipinski definition) is 2. The highest BCUT2D eigenvalue weighted by Crippen LogP contribution is 2.21. The largest absolute Gasteiger partial charge is 0.324 e. The van der Waals surface area contributed by atoms with Gasteiger partial charge in [-0.1, -0.05) is 12.1 Å². The predicted octanol–water partition coefficient (Wildman–Crippen LogP) is 3.89. The first-order valence-electron chi connectivity index (χ1n) is 6.99. The van der Waals surface area contributed by atoms with Gasteiger partial charge in [0.1, 0.15) is 0 Å². The molecule has 5 heteroatoms. The highest BCUT2D eigenvalue weighted by atomic mass is 32.1. The monoisotopic (exact) mass is 299 g/mol. The van der Waals surface area contributed by atoms with Crippen LogP contribution in [0.5, 0.6) is 0 Å². The molecule has 3 aromatic rings. The summed E-state index contributed by atoms with van der Waals surface area (Å²) in [4.78, 5) is 14.7. The molecule has 0 fully saturated rings. The Morgan fingerprint density at radius 2 is 2.24 bits per heavy atom. The number of rotatable bonds is 5. The molecule has 4 nitrogen and oxygen atoms in total. The highest BCUT2D eigenvalue weighted by molar-refractivity contribution is 7.11. The third-order valence-corrected chi connectivity index (χ3v) is 4.43. The fourth-order valence-corrected chi connectivity index (χ4v) is 3.26. The zero-order valence-electron chi connectivity index (χ0n) is 11.8. The lowest BCUT2D eigenvalue weighted by Gasteiger charge is -2.05. The number of benzene rings is 1. The SMILES string of the molecule is Cc1ccc(CCCC(=O)Nc2cccc3cn[nH]c23)s1. The van der Waals surface area contributed by atoms with Crippen molar-refractivity contribution < 1.29 is 4.79 Å². The van der Waals surface area contributed by atoms with E-state index < -0.39 is 0 Å². The maximum absolute atomic E-state index is 12.0. The Kier molecular flexibility index (Phi) is 4.01. The number of anilines is 1. The van der Waals surface area contributed by atoms with E-state index in [-0.39, 0.29) is 5.91 Å². The van der Waals surface area contributed by atoms with Crippen LogP contribution < -0.4 is 5.32 Å². The number of para-hydroxylation sites is 1. The smallest absolute Gasteiger partial charge is 0.224 e. The molecule has 108 valence electrons. The number of aromatic amines is 1. The van der Waals surface area contributed by atoms with Gasteiger partial charge >= 0.3 is 0 Å². The number of carbonyl (C=O) groups is 1. The molecule has 0 unspecified atom stereocenters. The van der Waals surface area contributed by atoms with Crippen molar-refractivity contribution in [1.29, 1.82) is 0 Å². The number of fused-ring (bicyclic) bond motifs is 1. The van der Waals surface area contributed by atoms with E-state index in [2.05, 4.69) is 34.6 Å². The first-order valence-corrected chi connectivity index (χ1v) is 7.81. The van der Waals surface area contributed by atoms with E-state index in [1.54, 1.807) is 17.5 Å². The van der Waals surface area contributed by atoms with Crippen LogP contribution in [0, 0.1) is 6.92 Å². The Balaban J connectivity index is 1.55. The van der Waals surface area contributed by atoms with Gasteiger partial charge in [0.05, 0.1) is 17.4 Å². The van der Waals surface area contributed by atoms with Gasteiger partial charge in [-0.2, -0.15) is 5.10 Å². The molecule has 1 aromatic carbocycles. The molecule has 0 aliphatic rings. The normalized spacial score (nSPS) is 10.9. The standard InChI is InChI=1S/C16H17N3OS/c1-11-8-9-13(21-11)5-3-7-15(20)18-14-6-2-4-12-10-17-19-16(12)14/h2,4,6,8-10H,3,5,7H2,1H3,(H,17,19)(H,18,20). The first-order chi connectivity index (χ1) is 10.2. The van der Waals surface area contributed by atoms with Crippen molar-refractivity contribution in [3.8, 4) is 0 Å². The second-order valence-electron chi connectivity index (χ2n) is 5.05. The number of thiophene rings is 1. The lowest BCUT2D eigenvalue weighted by atomic mass is 10.2. The summed E-state index contributed by atoms with van der Waals surface area (Å²) in [6, 6.07) is 10.0. The van der Waals surface area contributed by atoms with Crippen LogP contribution in [0.1, 0.15) is 22.6 Å². The van der Waals surface area contributed by atoms with E-state index in [4.69, 9.17) is 0 Å². The third kappa shape index (κ3) is 3.31. The molecule has 0 spiro atoms. The van der Waals surface area contributed by atoms with Gasteiger partial charge in [-0.3, -0.25) is 9.89 Å². The number of aromatic nitrogens is 2. The molecule has 2 heterocycles. The number of aryl methyl sites for hydroxylation is 2. The summed E-state index contributed by atoms with van der Waals surface area (Å²) < 4.78 is 0. The number of nitrogens with one attached hydrogen (secondary N) is 2. The van der Waals surface area contributed by atoms with Crippen molar-refractivity contribution >= 4 is 33.8 Å². The summed E-state index contributed by atoms with van der Waals surface area (Å²) >= 11 is 1.80. The minimum Gasteiger partial charge on any atom is -0.324 e. The van der Waals surface area contributed by atoms with Gasteiger partial charge in [0.25, 0.3) is 0 Å². The van der Waals surface area contributed by atoms with E-state index in [1.807, 2.05) is 18.2 Å². The molecule has 0 aliphatic heterocycles. The van der Waals surface area contributed by atoms with Gasteiger partial charge in [0.2, 0.25) is 5.91 Å². The molecule has 3 rings (SSSR count). The van der Waals surface area contributed by atoms with Crippen LogP contribution in [0.25, 0.3) is 10.9 Å². The second kappa shape index (κ2) is 6.10. The molecule has 2 N–H and O–H groups in total. The molecule has 0 aliphatic carbocycles. The van der Waals surface area contributed by atoms with Crippen molar-refractivity contribution in [3.05, 3.63) is 46.3 Å². The molecular weight excluding hydrogens is 282 g/mol. The number of nitrogens with zero attached hydrogens (tertiary/aromatic N) is 1.